The smallest absolute Gasteiger partial charge is 0.124 e. The van der Waals surface area contributed by atoms with E-state index in [0.29, 0.717) is 0 Å². The number of hydrogen-bond donors (Lipinski definition) is 2. The van der Waals surface area contributed by atoms with Crippen molar-refractivity contribution in [2.24, 2.45) is 0 Å². The Morgan fingerprint density at radius 2 is 2.31 bits per heavy atom. The lowest BCUT2D eigenvalue weighted by Gasteiger charge is -2.21. The molecule has 3 nitrogen and oxygen atoms in total. The van der Waals surface area contributed by atoms with E-state index in [4.69, 9.17) is 4.74 Å². The molecule has 1 aromatic rings. The van der Waals surface area contributed by atoms with Crippen molar-refractivity contribution in [1.82, 2.24) is 5.32 Å². The van der Waals surface area contributed by atoms with E-state index in [9.17, 15) is 5.11 Å². The van der Waals surface area contributed by atoms with Crippen molar-refractivity contribution in [3.63, 3.8) is 0 Å². The first-order valence-corrected chi connectivity index (χ1v) is 5.78. The summed E-state index contributed by atoms with van der Waals surface area (Å²) in [6.45, 7) is 3.02. The number of methoxy groups -OCH3 is 1. The zero-order valence-electron chi connectivity index (χ0n) is 9.86. The van der Waals surface area contributed by atoms with Gasteiger partial charge in [-0.3, -0.25) is 0 Å². The van der Waals surface area contributed by atoms with Crippen LogP contribution in [0.4, 0.5) is 0 Å². The van der Waals surface area contributed by atoms with E-state index in [1.165, 1.54) is 0 Å². The number of benzene rings is 1. The Balaban J connectivity index is 2.26. The fraction of sp³-hybridized carbons (Fsp3) is 0.538. The van der Waals surface area contributed by atoms with Gasteiger partial charge in [0.15, 0.2) is 0 Å². The maximum Gasteiger partial charge on any atom is 0.124 e. The molecule has 3 heteroatoms. The molecule has 2 rings (SSSR count). The first kappa shape index (κ1) is 11.4. The largest absolute Gasteiger partial charge is 0.496 e. The van der Waals surface area contributed by atoms with Crippen molar-refractivity contribution < 1.29 is 9.84 Å². The van der Waals surface area contributed by atoms with Crippen LogP contribution in [0.2, 0.25) is 0 Å². The summed E-state index contributed by atoms with van der Waals surface area (Å²) < 4.78 is 5.29. The zero-order chi connectivity index (χ0) is 11.5. The highest BCUT2D eigenvalue weighted by Gasteiger charge is 2.26. The number of nitrogens with one attached hydrogen (secondary N) is 1. The van der Waals surface area contributed by atoms with Gasteiger partial charge in [0.05, 0.1) is 13.2 Å². The summed E-state index contributed by atoms with van der Waals surface area (Å²) in [5, 5.41) is 13.6. The maximum absolute atomic E-state index is 10.3. The van der Waals surface area contributed by atoms with Gasteiger partial charge in [0, 0.05) is 11.6 Å². The lowest BCUT2D eigenvalue weighted by atomic mass is 9.98. The van der Waals surface area contributed by atoms with Crippen LogP contribution in [0, 0.1) is 6.92 Å². The fourth-order valence-corrected chi connectivity index (χ4v) is 2.28. The van der Waals surface area contributed by atoms with Crippen molar-refractivity contribution in [2.75, 3.05) is 13.7 Å². The van der Waals surface area contributed by atoms with Crippen LogP contribution in [0.25, 0.3) is 0 Å². The number of aliphatic hydroxyl groups is 1. The maximum atomic E-state index is 10.3. The van der Waals surface area contributed by atoms with Crippen molar-refractivity contribution in [1.29, 1.82) is 0 Å². The molecule has 0 spiro atoms. The Bertz CT molecular complexity index is 359. The van der Waals surface area contributed by atoms with Crippen molar-refractivity contribution in [2.45, 2.75) is 31.9 Å². The monoisotopic (exact) mass is 221 g/mol. The summed E-state index contributed by atoms with van der Waals surface area (Å²) in [4.78, 5) is 0. The predicted molar refractivity (Wildman–Crippen MR) is 63.7 cm³/mol. The van der Waals surface area contributed by atoms with Crippen LogP contribution < -0.4 is 10.1 Å². The van der Waals surface area contributed by atoms with Crippen LogP contribution in [0.15, 0.2) is 18.2 Å². The van der Waals surface area contributed by atoms with Crippen LogP contribution in [0.1, 0.15) is 30.1 Å². The van der Waals surface area contributed by atoms with Gasteiger partial charge in [-0.05, 0) is 38.4 Å². The molecule has 2 unspecified atom stereocenters. The molecule has 0 bridgehead atoms. The molecule has 0 amide bonds. The zero-order valence-corrected chi connectivity index (χ0v) is 9.86. The lowest BCUT2D eigenvalue weighted by molar-refractivity contribution is 0.134. The van der Waals surface area contributed by atoms with Crippen LogP contribution in [-0.2, 0) is 0 Å². The highest BCUT2D eigenvalue weighted by atomic mass is 16.5. The number of aliphatic hydroxyl groups excluding tert-OH is 1. The molecule has 0 radical (unpaired) electrons. The molecule has 1 aliphatic rings. The Labute approximate surface area is 96.4 Å². The lowest BCUT2D eigenvalue weighted by Crippen LogP contribution is -2.29. The van der Waals surface area contributed by atoms with Crippen LogP contribution in [0.3, 0.4) is 0 Å². The van der Waals surface area contributed by atoms with Crippen LogP contribution in [0.5, 0.6) is 5.75 Å². The minimum atomic E-state index is -0.475. The number of rotatable bonds is 3. The molecule has 1 fully saturated rings. The first-order valence-electron chi connectivity index (χ1n) is 5.78. The molecule has 1 saturated heterocycles. The van der Waals surface area contributed by atoms with Crippen molar-refractivity contribution in [3.05, 3.63) is 29.3 Å². The molecule has 16 heavy (non-hydrogen) atoms. The van der Waals surface area contributed by atoms with Gasteiger partial charge in [-0.1, -0.05) is 11.6 Å². The minimum absolute atomic E-state index is 0.163. The summed E-state index contributed by atoms with van der Waals surface area (Å²) in [5.74, 6) is 0.770. The van der Waals surface area contributed by atoms with Gasteiger partial charge in [0.25, 0.3) is 0 Å². The Morgan fingerprint density at radius 1 is 1.50 bits per heavy atom. The van der Waals surface area contributed by atoms with E-state index in [1.807, 2.05) is 25.1 Å². The summed E-state index contributed by atoms with van der Waals surface area (Å²) in [6.07, 6.45) is 1.69. The predicted octanol–water partition coefficient (Wildman–Crippen LogP) is 1.79. The fourth-order valence-electron chi connectivity index (χ4n) is 2.28. The second-order valence-corrected chi connectivity index (χ2v) is 4.39. The summed E-state index contributed by atoms with van der Waals surface area (Å²) in [5.41, 5.74) is 2.04. The van der Waals surface area contributed by atoms with Gasteiger partial charge >= 0.3 is 0 Å². The topological polar surface area (TPSA) is 41.5 Å². The Kier molecular flexibility index (Phi) is 3.46. The first-order chi connectivity index (χ1) is 7.72. The average Bonchev–Trinajstić information content (AvgIpc) is 2.81. The van der Waals surface area contributed by atoms with Crippen molar-refractivity contribution in [3.8, 4) is 5.75 Å². The Morgan fingerprint density at radius 3 is 2.94 bits per heavy atom. The molecule has 88 valence electrons. The van der Waals surface area contributed by atoms with E-state index in [-0.39, 0.29) is 6.04 Å². The SMILES string of the molecule is COc1ccc(C)cc1C(O)C1CCCN1. The van der Waals surface area contributed by atoms with E-state index >= 15 is 0 Å². The van der Waals surface area contributed by atoms with Gasteiger partial charge < -0.3 is 15.2 Å². The van der Waals surface area contributed by atoms with E-state index in [0.717, 1.165) is 36.3 Å². The van der Waals surface area contributed by atoms with Crippen LogP contribution in [-0.4, -0.2) is 24.8 Å². The highest BCUT2D eigenvalue weighted by Crippen LogP contribution is 2.30. The molecule has 2 N–H and O–H groups in total. The standard InChI is InChI=1S/C13H19NO2/c1-9-5-6-12(16-2)10(8-9)13(15)11-4-3-7-14-11/h5-6,8,11,13-15H,3-4,7H2,1-2H3. The van der Waals surface area contributed by atoms with Gasteiger partial charge in [0.2, 0.25) is 0 Å². The molecule has 1 aromatic carbocycles. The number of aryl methyl sites for hydroxylation is 1. The number of ether oxygens (including phenoxy) is 1. The summed E-state index contributed by atoms with van der Waals surface area (Å²) in [7, 11) is 1.64. The molecule has 1 heterocycles. The number of hydrogen-bond acceptors (Lipinski definition) is 3. The summed E-state index contributed by atoms with van der Waals surface area (Å²) in [6, 6.07) is 6.08. The van der Waals surface area contributed by atoms with E-state index in [1.54, 1.807) is 7.11 Å². The molecule has 1 aliphatic heterocycles. The third-order valence-corrected chi connectivity index (χ3v) is 3.18. The molecular formula is C13H19NO2. The van der Waals surface area contributed by atoms with Gasteiger partial charge in [-0.25, -0.2) is 0 Å². The van der Waals surface area contributed by atoms with Gasteiger partial charge in [-0.2, -0.15) is 0 Å². The third kappa shape index (κ3) is 2.20. The highest BCUT2D eigenvalue weighted by molar-refractivity contribution is 5.39. The molecule has 0 saturated carbocycles. The average molecular weight is 221 g/mol. The second-order valence-electron chi connectivity index (χ2n) is 4.39. The van der Waals surface area contributed by atoms with Gasteiger partial charge in [0.1, 0.15) is 5.75 Å². The van der Waals surface area contributed by atoms with Crippen molar-refractivity contribution >= 4 is 0 Å². The quantitative estimate of drug-likeness (QED) is 0.817. The summed E-state index contributed by atoms with van der Waals surface area (Å²) >= 11 is 0. The molecule has 0 aromatic heterocycles. The molecular weight excluding hydrogens is 202 g/mol. The minimum Gasteiger partial charge on any atom is -0.496 e. The normalized spacial score (nSPS) is 22.1. The molecule has 0 aliphatic carbocycles. The van der Waals surface area contributed by atoms with Crippen LogP contribution >= 0.6 is 0 Å². The molecule has 2 atom stereocenters. The third-order valence-electron chi connectivity index (χ3n) is 3.18. The van der Waals surface area contributed by atoms with E-state index in [2.05, 4.69) is 5.32 Å². The van der Waals surface area contributed by atoms with E-state index < -0.39 is 6.10 Å². The van der Waals surface area contributed by atoms with Gasteiger partial charge in [-0.15, -0.1) is 0 Å². The Hall–Kier alpha value is -1.06. The second kappa shape index (κ2) is 4.85.